The standard InChI is InChI=1S/C15H14Cl2O2/c16-9-14(18)12-6-7-15(13(17)8-12)19-10-11-4-2-1-3-5-11/h1-8,14,18H,9-10H2. The Kier molecular flexibility index (Phi) is 5.08. The smallest absolute Gasteiger partial charge is 0.138 e. The maximum atomic E-state index is 9.62. The predicted octanol–water partition coefficient (Wildman–Crippen LogP) is 4.19. The normalized spacial score (nSPS) is 12.2. The van der Waals surface area contributed by atoms with Gasteiger partial charge in [-0.05, 0) is 23.3 Å². The number of halogens is 2. The van der Waals surface area contributed by atoms with Gasteiger partial charge in [0.05, 0.1) is 17.0 Å². The molecule has 0 aliphatic rings. The number of alkyl halides is 1. The third-order valence-electron chi connectivity index (χ3n) is 2.72. The summed E-state index contributed by atoms with van der Waals surface area (Å²) in [5, 5.41) is 10.1. The second kappa shape index (κ2) is 6.80. The number of hydrogen-bond acceptors (Lipinski definition) is 2. The first-order valence-electron chi connectivity index (χ1n) is 5.91. The molecule has 0 fully saturated rings. The Morgan fingerprint density at radius 3 is 2.47 bits per heavy atom. The van der Waals surface area contributed by atoms with Gasteiger partial charge < -0.3 is 9.84 Å². The van der Waals surface area contributed by atoms with Gasteiger partial charge in [-0.2, -0.15) is 0 Å². The zero-order valence-corrected chi connectivity index (χ0v) is 11.7. The third-order valence-corrected chi connectivity index (χ3v) is 3.31. The Labute approximate surface area is 122 Å². The lowest BCUT2D eigenvalue weighted by molar-refractivity contribution is 0.202. The van der Waals surface area contributed by atoms with E-state index in [-0.39, 0.29) is 5.88 Å². The molecule has 0 aliphatic heterocycles. The number of aliphatic hydroxyl groups excluding tert-OH is 1. The molecule has 1 unspecified atom stereocenters. The van der Waals surface area contributed by atoms with E-state index >= 15 is 0 Å². The van der Waals surface area contributed by atoms with E-state index in [1.54, 1.807) is 18.2 Å². The second-order valence-corrected chi connectivity index (χ2v) is 4.85. The molecule has 1 N–H and O–H groups in total. The second-order valence-electron chi connectivity index (χ2n) is 4.13. The summed E-state index contributed by atoms with van der Waals surface area (Å²) >= 11 is 11.7. The summed E-state index contributed by atoms with van der Waals surface area (Å²) in [5.74, 6) is 0.733. The molecule has 0 aromatic heterocycles. The van der Waals surface area contributed by atoms with E-state index in [0.717, 1.165) is 5.56 Å². The molecule has 1 atom stereocenters. The molecular formula is C15H14Cl2O2. The van der Waals surface area contributed by atoms with Crippen LogP contribution in [0.3, 0.4) is 0 Å². The molecule has 0 saturated carbocycles. The topological polar surface area (TPSA) is 29.5 Å². The Bertz CT molecular complexity index is 529. The van der Waals surface area contributed by atoms with Crippen molar-refractivity contribution in [3.63, 3.8) is 0 Å². The van der Waals surface area contributed by atoms with Crippen molar-refractivity contribution >= 4 is 23.2 Å². The maximum absolute atomic E-state index is 9.62. The van der Waals surface area contributed by atoms with Crippen molar-refractivity contribution in [2.45, 2.75) is 12.7 Å². The monoisotopic (exact) mass is 296 g/mol. The molecular weight excluding hydrogens is 283 g/mol. The minimum absolute atomic E-state index is 0.139. The summed E-state index contributed by atoms with van der Waals surface area (Å²) in [6.45, 7) is 0.456. The minimum Gasteiger partial charge on any atom is -0.487 e. The number of ether oxygens (including phenoxy) is 1. The average Bonchev–Trinajstić information content (AvgIpc) is 2.46. The molecule has 2 rings (SSSR count). The Hall–Kier alpha value is -1.22. The molecule has 0 amide bonds. The van der Waals surface area contributed by atoms with Crippen LogP contribution in [0.5, 0.6) is 5.75 Å². The summed E-state index contributed by atoms with van der Waals surface area (Å²) in [4.78, 5) is 0. The molecule has 2 nitrogen and oxygen atoms in total. The van der Waals surface area contributed by atoms with Crippen LogP contribution in [-0.4, -0.2) is 11.0 Å². The highest BCUT2D eigenvalue weighted by atomic mass is 35.5. The summed E-state index contributed by atoms with van der Waals surface area (Å²) < 4.78 is 5.64. The van der Waals surface area contributed by atoms with Crippen LogP contribution in [0, 0.1) is 0 Å². The van der Waals surface area contributed by atoms with Gasteiger partial charge in [0, 0.05) is 0 Å². The predicted molar refractivity (Wildman–Crippen MR) is 77.9 cm³/mol. The largest absolute Gasteiger partial charge is 0.487 e. The van der Waals surface area contributed by atoms with Gasteiger partial charge in [-0.15, -0.1) is 11.6 Å². The van der Waals surface area contributed by atoms with E-state index in [2.05, 4.69) is 0 Å². The van der Waals surface area contributed by atoms with Crippen LogP contribution in [0.1, 0.15) is 17.2 Å². The van der Waals surface area contributed by atoms with Crippen molar-refractivity contribution in [2.24, 2.45) is 0 Å². The molecule has 2 aromatic carbocycles. The molecule has 100 valence electrons. The van der Waals surface area contributed by atoms with E-state index in [4.69, 9.17) is 27.9 Å². The Balaban J connectivity index is 2.05. The quantitative estimate of drug-likeness (QED) is 0.838. The molecule has 0 bridgehead atoms. The molecule has 0 spiro atoms. The van der Waals surface area contributed by atoms with Crippen molar-refractivity contribution in [3.05, 3.63) is 64.7 Å². The van der Waals surface area contributed by atoms with E-state index in [0.29, 0.717) is 22.9 Å². The van der Waals surface area contributed by atoms with Gasteiger partial charge in [0.2, 0.25) is 0 Å². The maximum Gasteiger partial charge on any atom is 0.138 e. The highest BCUT2D eigenvalue weighted by molar-refractivity contribution is 6.32. The van der Waals surface area contributed by atoms with Gasteiger partial charge in [-0.25, -0.2) is 0 Å². The molecule has 2 aromatic rings. The van der Waals surface area contributed by atoms with Crippen LogP contribution < -0.4 is 4.74 Å². The number of rotatable bonds is 5. The molecule has 0 heterocycles. The average molecular weight is 297 g/mol. The van der Waals surface area contributed by atoms with E-state index in [1.165, 1.54) is 0 Å². The van der Waals surface area contributed by atoms with Crippen LogP contribution in [0.2, 0.25) is 5.02 Å². The highest BCUT2D eigenvalue weighted by Crippen LogP contribution is 2.29. The zero-order chi connectivity index (χ0) is 13.7. The number of hydrogen-bond donors (Lipinski definition) is 1. The zero-order valence-electron chi connectivity index (χ0n) is 10.2. The minimum atomic E-state index is -0.706. The number of benzene rings is 2. The summed E-state index contributed by atoms with van der Waals surface area (Å²) in [6, 6.07) is 15.0. The first kappa shape index (κ1) is 14.2. The first-order valence-corrected chi connectivity index (χ1v) is 6.82. The fourth-order valence-corrected chi connectivity index (χ4v) is 2.09. The van der Waals surface area contributed by atoms with Crippen LogP contribution in [0.25, 0.3) is 0 Å². The van der Waals surface area contributed by atoms with Crippen LogP contribution in [-0.2, 0) is 6.61 Å². The van der Waals surface area contributed by atoms with Crippen LogP contribution in [0.4, 0.5) is 0 Å². The van der Waals surface area contributed by atoms with Gasteiger partial charge in [-0.3, -0.25) is 0 Å². The first-order chi connectivity index (χ1) is 9.20. The fraction of sp³-hybridized carbons (Fsp3) is 0.200. The Morgan fingerprint density at radius 1 is 1.11 bits per heavy atom. The van der Waals surface area contributed by atoms with Crippen LogP contribution >= 0.6 is 23.2 Å². The summed E-state index contributed by atoms with van der Waals surface area (Å²) in [6.07, 6.45) is -0.706. The molecule has 0 aliphatic carbocycles. The van der Waals surface area contributed by atoms with E-state index in [1.807, 2.05) is 30.3 Å². The van der Waals surface area contributed by atoms with Gasteiger partial charge in [-0.1, -0.05) is 48.0 Å². The van der Waals surface area contributed by atoms with Crippen molar-refractivity contribution in [2.75, 3.05) is 5.88 Å². The lowest BCUT2D eigenvalue weighted by Crippen LogP contribution is -2.00. The lowest BCUT2D eigenvalue weighted by Gasteiger charge is -2.11. The van der Waals surface area contributed by atoms with Gasteiger partial charge in [0.15, 0.2) is 0 Å². The SMILES string of the molecule is OC(CCl)c1ccc(OCc2ccccc2)c(Cl)c1. The van der Waals surface area contributed by atoms with Crippen molar-refractivity contribution in [1.82, 2.24) is 0 Å². The van der Waals surface area contributed by atoms with Crippen molar-refractivity contribution in [1.29, 1.82) is 0 Å². The van der Waals surface area contributed by atoms with Gasteiger partial charge >= 0.3 is 0 Å². The van der Waals surface area contributed by atoms with E-state index in [9.17, 15) is 5.11 Å². The molecule has 4 heteroatoms. The van der Waals surface area contributed by atoms with Gasteiger partial charge in [0.1, 0.15) is 12.4 Å². The molecule has 0 radical (unpaired) electrons. The fourth-order valence-electron chi connectivity index (χ4n) is 1.67. The van der Waals surface area contributed by atoms with Crippen LogP contribution in [0.15, 0.2) is 48.5 Å². The van der Waals surface area contributed by atoms with Gasteiger partial charge in [0.25, 0.3) is 0 Å². The number of aliphatic hydroxyl groups is 1. The third kappa shape index (κ3) is 3.87. The van der Waals surface area contributed by atoms with Crippen molar-refractivity contribution < 1.29 is 9.84 Å². The molecule has 19 heavy (non-hydrogen) atoms. The lowest BCUT2D eigenvalue weighted by atomic mass is 10.1. The van der Waals surface area contributed by atoms with E-state index < -0.39 is 6.10 Å². The Morgan fingerprint density at radius 2 is 1.84 bits per heavy atom. The molecule has 0 saturated heterocycles. The summed E-state index contributed by atoms with van der Waals surface area (Å²) in [7, 11) is 0. The highest BCUT2D eigenvalue weighted by Gasteiger charge is 2.09. The van der Waals surface area contributed by atoms with Crippen molar-refractivity contribution in [3.8, 4) is 5.75 Å². The summed E-state index contributed by atoms with van der Waals surface area (Å²) in [5.41, 5.74) is 1.76.